The smallest absolute Gasteiger partial charge is 0.223 e. The highest BCUT2D eigenvalue weighted by Gasteiger charge is 2.20. The summed E-state index contributed by atoms with van der Waals surface area (Å²) in [5, 5.41) is 2.11. The fraction of sp³-hybridized carbons (Fsp3) is 0.389. The van der Waals surface area contributed by atoms with Crippen molar-refractivity contribution in [2.45, 2.75) is 25.8 Å². The van der Waals surface area contributed by atoms with Crippen LogP contribution >= 0.6 is 11.3 Å². The molecule has 122 valence electrons. The minimum Gasteiger partial charge on any atom is -0.497 e. The molecule has 1 aromatic heterocycles. The van der Waals surface area contributed by atoms with Gasteiger partial charge in [-0.15, -0.1) is 11.3 Å². The number of methoxy groups -OCH3 is 1. The molecule has 2 aromatic rings. The quantitative estimate of drug-likeness (QED) is 0.761. The first-order valence-electron chi connectivity index (χ1n) is 7.86. The van der Waals surface area contributed by atoms with Crippen LogP contribution < -0.4 is 9.47 Å². The second-order valence-corrected chi connectivity index (χ2v) is 6.56. The molecule has 0 saturated carbocycles. The number of thiophene rings is 1. The van der Waals surface area contributed by atoms with Crippen molar-refractivity contribution in [2.75, 3.05) is 20.3 Å². The number of hydrogen-bond donors (Lipinski definition) is 0. The number of ether oxygens (including phenoxy) is 2. The highest BCUT2D eigenvalue weighted by molar-refractivity contribution is 7.10. The largest absolute Gasteiger partial charge is 0.497 e. The molecule has 1 aromatic carbocycles. The molecule has 0 N–H and O–H groups in total. The predicted octanol–water partition coefficient (Wildman–Crippen LogP) is 3.50. The molecular formula is C18H21NO3S. The Hall–Kier alpha value is -2.01. The van der Waals surface area contributed by atoms with E-state index in [1.54, 1.807) is 18.4 Å². The molecule has 23 heavy (non-hydrogen) atoms. The van der Waals surface area contributed by atoms with Crippen molar-refractivity contribution in [3.63, 3.8) is 0 Å². The number of fused-ring (bicyclic) bond motifs is 1. The number of rotatable bonds is 6. The second-order valence-electron chi connectivity index (χ2n) is 5.56. The molecule has 0 radical (unpaired) electrons. The van der Waals surface area contributed by atoms with Gasteiger partial charge in [0.25, 0.3) is 0 Å². The van der Waals surface area contributed by atoms with Crippen molar-refractivity contribution in [3.8, 4) is 11.5 Å². The minimum absolute atomic E-state index is 0.222. The van der Waals surface area contributed by atoms with Crippen molar-refractivity contribution in [1.29, 1.82) is 0 Å². The van der Waals surface area contributed by atoms with Crippen LogP contribution in [-0.2, 0) is 17.8 Å². The summed E-state index contributed by atoms with van der Waals surface area (Å²) >= 11 is 1.79. The van der Waals surface area contributed by atoms with E-state index in [0.29, 0.717) is 13.0 Å². The van der Waals surface area contributed by atoms with Gasteiger partial charge in [0.2, 0.25) is 5.91 Å². The average molecular weight is 331 g/mol. The van der Waals surface area contributed by atoms with E-state index in [-0.39, 0.29) is 5.91 Å². The molecule has 0 spiro atoms. The summed E-state index contributed by atoms with van der Waals surface area (Å²) < 4.78 is 10.8. The molecule has 3 rings (SSSR count). The number of benzene rings is 1. The average Bonchev–Trinajstić information content (AvgIpc) is 3.06. The molecule has 1 aliphatic rings. The lowest BCUT2D eigenvalue weighted by Crippen LogP contribution is -2.35. The molecule has 2 heterocycles. The number of carbonyl (C=O) groups excluding carboxylic acids is 1. The first-order chi connectivity index (χ1) is 11.3. The molecule has 1 amide bonds. The maximum absolute atomic E-state index is 12.3. The van der Waals surface area contributed by atoms with E-state index in [9.17, 15) is 4.79 Å². The van der Waals surface area contributed by atoms with Crippen molar-refractivity contribution >= 4 is 17.2 Å². The van der Waals surface area contributed by atoms with Crippen LogP contribution in [0.15, 0.2) is 35.7 Å². The molecule has 0 aliphatic carbocycles. The van der Waals surface area contributed by atoms with E-state index < -0.39 is 0 Å². The fourth-order valence-electron chi connectivity index (χ4n) is 2.70. The zero-order valence-electron chi connectivity index (χ0n) is 13.3. The summed E-state index contributed by atoms with van der Waals surface area (Å²) in [6.07, 6.45) is 2.26. The van der Waals surface area contributed by atoms with Crippen LogP contribution in [0.2, 0.25) is 0 Å². The summed E-state index contributed by atoms with van der Waals surface area (Å²) in [7, 11) is 1.64. The molecule has 0 unspecified atom stereocenters. The molecule has 1 aliphatic heterocycles. The van der Waals surface area contributed by atoms with Crippen molar-refractivity contribution in [3.05, 3.63) is 46.2 Å². The highest BCUT2D eigenvalue weighted by atomic mass is 32.1. The number of hydrogen-bond acceptors (Lipinski definition) is 4. The van der Waals surface area contributed by atoms with Crippen LogP contribution in [-0.4, -0.2) is 31.1 Å². The van der Waals surface area contributed by atoms with E-state index in [2.05, 4.69) is 11.4 Å². The zero-order chi connectivity index (χ0) is 16.1. The lowest BCUT2D eigenvalue weighted by molar-refractivity contribution is -0.132. The first kappa shape index (κ1) is 15.9. The standard InChI is InChI=1S/C18H21NO3S/c1-21-15-4-6-16(7-5-15)22-11-2-3-18(20)19-10-8-17-14(13-19)9-12-23-17/h4-7,9,12H,2-3,8,10-11,13H2,1H3. The van der Waals surface area contributed by atoms with Gasteiger partial charge in [-0.1, -0.05) is 0 Å². The van der Waals surface area contributed by atoms with Crippen LogP contribution in [0.4, 0.5) is 0 Å². The van der Waals surface area contributed by atoms with Gasteiger partial charge in [0, 0.05) is 24.4 Å². The molecule has 0 atom stereocenters. The Balaban J connectivity index is 1.39. The summed E-state index contributed by atoms with van der Waals surface area (Å²) in [4.78, 5) is 15.7. The summed E-state index contributed by atoms with van der Waals surface area (Å²) in [6.45, 7) is 2.15. The Kier molecular flexibility index (Phi) is 5.18. The lowest BCUT2D eigenvalue weighted by atomic mass is 10.1. The normalized spacial score (nSPS) is 13.5. The van der Waals surface area contributed by atoms with Gasteiger partial charge in [-0.2, -0.15) is 0 Å². The van der Waals surface area contributed by atoms with Gasteiger partial charge < -0.3 is 14.4 Å². The van der Waals surface area contributed by atoms with Crippen molar-refractivity contribution in [1.82, 2.24) is 4.90 Å². The van der Waals surface area contributed by atoms with Crippen LogP contribution in [0, 0.1) is 0 Å². The Morgan fingerprint density at radius 1 is 1.22 bits per heavy atom. The van der Waals surface area contributed by atoms with E-state index in [4.69, 9.17) is 9.47 Å². The van der Waals surface area contributed by atoms with Gasteiger partial charge in [0.05, 0.1) is 13.7 Å². The van der Waals surface area contributed by atoms with E-state index >= 15 is 0 Å². The summed E-state index contributed by atoms with van der Waals surface area (Å²) in [5.74, 6) is 1.84. The Morgan fingerprint density at radius 2 is 2.00 bits per heavy atom. The van der Waals surface area contributed by atoms with Gasteiger partial charge in [-0.25, -0.2) is 0 Å². The fourth-order valence-corrected chi connectivity index (χ4v) is 3.59. The van der Waals surface area contributed by atoms with Gasteiger partial charge in [-0.05, 0) is 54.1 Å². The third-order valence-electron chi connectivity index (χ3n) is 4.02. The van der Waals surface area contributed by atoms with E-state index in [0.717, 1.165) is 37.4 Å². The van der Waals surface area contributed by atoms with Gasteiger partial charge >= 0.3 is 0 Å². The zero-order valence-corrected chi connectivity index (χ0v) is 14.1. The third-order valence-corrected chi connectivity index (χ3v) is 5.05. The predicted molar refractivity (Wildman–Crippen MR) is 91.2 cm³/mol. The number of nitrogens with zero attached hydrogens (tertiary/aromatic N) is 1. The van der Waals surface area contributed by atoms with Crippen LogP contribution in [0.25, 0.3) is 0 Å². The van der Waals surface area contributed by atoms with E-state index in [1.165, 1.54) is 10.4 Å². The number of carbonyl (C=O) groups is 1. The molecule has 0 saturated heterocycles. The Morgan fingerprint density at radius 3 is 2.78 bits per heavy atom. The van der Waals surface area contributed by atoms with Gasteiger partial charge in [0.1, 0.15) is 11.5 Å². The summed E-state index contributed by atoms with van der Waals surface area (Å²) in [6, 6.07) is 9.62. The van der Waals surface area contributed by atoms with Crippen LogP contribution in [0.3, 0.4) is 0 Å². The Bertz CT molecular complexity index is 651. The van der Waals surface area contributed by atoms with Gasteiger partial charge in [-0.3, -0.25) is 4.79 Å². The van der Waals surface area contributed by atoms with Crippen LogP contribution in [0.5, 0.6) is 11.5 Å². The minimum atomic E-state index is 0.222. The monoisotopic (exact) mass is 331 g/mol. The Labute approximate surface area is 140 Å². The molecule has 0 fully saturated rings. The molecular weight excluding hydrogens is 310 g/mol. The van der Waals surface area contributed by atoms with Crippen molar-refractivity contribution < 1.29 is 14.3 Å². The lowest BCUT2D eigenvalue weighted by Gasteiger charge is -2.27. The van der Waals surface area contributed by atoms with Crippen molar-refractivity contribution in [2.24, 2.45) is 0 Å². The SMILES string of the molecule is COc1ccc(OCCCC(=O)N2CCc3sccc3C2)cc1. The maximum Gasteiger partial charge on any atom is 0.223 e. The maximum atomic E-state index is 12.3. The van der Waals surface area contributed by atoms with Gasteiger partial charge in [0.15, 0.2) is 0 Å². The third kappa shape index (κ3) is 4.05. The summed E-state index contributed by atoms with van der Waals surface area (Å²) in [5.41, 5.74) is 1.31. The van der Waals surface area contributed by atoms with E-state index in [1.807, 2.05) is 29.2 Å². The molecule has 4 nitrogen and oxygen atoms in total. The molecule has 0 bridgehead atoms. The first-order valence-corrected chi connectivity index (χ1v) is 8.74. The molecule has 5 heteroatoms. The number of amides is 1. The van der Waals surface area contributed by atoms with Crippen LogP contribution in [0.1, 0.15) is 23.3 Å². The topological polar surface area (TPSA) is 38.8 Å². The second kappa shape index (κ2) is 7.51. The highest BCUT2D eigenvalue weighted by Crippen LogP contribution is 2.24.